The summed E-state index contributed by atoms with van der Waals surface area (Å²) in [5.41, 5.74) is 2.16. The lowest BCUT2D eigenvalue weighted by molar-refractivity contribution is -0.0298. The fourth-order valence-corrected chi connectivity index (χ4v) is 3.73. The smallest absolute Gasteiger partial charge is 0.358 e. The quantitative estimate of drug-likeness (QED) is 0.522. The third-order valence-corrected chi connectivity index (χ3v) is 5.61. The van der Waals surface area contributed by atoms with Crippen molar-refractivity contribution in [1.82, 2.24) is 14.9 Å². The molecule has 2 aromatic heterocycles. The molecule has 3 rings (SSSR count). The van der Waals surface area contributed by atoms with E-state index in [4.69, 9.17) is 9.47 Å². The molecule has 0 bridgehead atoms. The number of pyridine rings is 1. The lowest BCUT2D eigenvalue weighted by Gasteiger charge is -2.37. The first-order chi connectivity index (χ1) is 13.9. The summed E-state index contributed by atoms with van der Waals surface area (Å²) in [6.45, 7) is 9.02. The van der Waals surface area contributed by atoms with Gasteiger partial charge >= 0.3 is 5.97 Å². The second-order valence-electron chi connectivity index (χ2n) is 7.59. The summed E-state index contributed by atoms with van der Waals surface area (Å²) in [5.74, 6) is 0.202. The van der Waals surface area contributed by atoms with Gasteiger partial charge in [-0.1, -0.05) is 6.07 Å². The maximum Gasteiger partial charge on any atom is 0.358 e. The highest BCUT2D eigenvalue weighted by Crippen LogP contribution is 2.31. The monoisotopic (exact) mass is 401 g/mol. The summed E-state index contributed by atoms with van der Waals surface area (Å²) < 4.78 is 11.0. The number of aryl methyl sites for hydroxylation is 1. The van der Waals surface area contributed by atoms with Crippen LogP contribution in [0.1, 0.15) is 53.6 Å². The van der Waals surface area contributed by atoms with E-state index < -0.39 is 5.60 Å². The number of ether oxygens (including phenoxy) is 2. The lowest BCUT2D eigenvalue weighted by atomic mass is 9.88. The van der Waals surface area contributed by atoms with Gasteiger partial charge in [-0.25, -0.2) is 4.79 Å². The molecule has 0 aliphatic carbocycles. The van der Waals surface area contributed by atoms with E-state index in [-0.39, 0.29) is 5.97 Å². The van der Waals surface area contributed by atoms with Crippen LogP contribution in [0.15, 0.2) is 24.4 Å². The van der Waals surface area contributed by atoms with Crippen LogP contribution in [-0.4, -0.2) is 58.8 Å². The molecule has 0 aromatic carbocycles. The van der Waals surface area contributed by atoms with E-state index in [0.717, 1.165) is 43.0 Å². The van der Waals surface area contributed by atoms with Crippen molar-refractivity contribution >= 4 is 5.97 Å². The van der Waals surface area contributed by atoms with Gasteiger partial charge in [0.1, 0.15) is 5.60 Å². The first-order valence-electron chi connectivity index (χ1n) is 10.3. The number of nitrogens with one attached hydrogen (secondary N) is 1. The summed E-state index contributed by atoms with van der Waals surface area (Å²) in [6.07, 6.45) is 3.92. The topological polar surface area (TPSA) is 87.7 Å². The van der Waals surface area contributed by atoms with Gasteiger partial charge in [-0.2, -0.15) is 0 Å². The van der Waals surface area contributed by atoms with Crippen LogP contribution in [0, 0.1) is 13.8 Å². The minimum absolute atomic E-state index is 0.329. The molecule has 29 heavy (non-hydrogen) atoms. The minimum Gasteiger partial charge on any atom is -0.491 e. The number of esters is 1. The van der Waals surface area contributed by atoms with Crippen molar-refractivity contribution in [3.05, 3.63) is 47.0 Å². The second-order valence-corrected chi connectivity index (χ2v) is 7.59. The van der Waals surface area contributed by atoms with Crippen molar-refractivity contribution in [3.8, 4) is 5.75 Å². The number of hydrogen-bond donors (Lipinski definition) is 2. The molecule has 158 valence electrons. The van der Waals surface area contributed by atoms with Gasteiger partial charge in [0, 0.05) is 37.1 Å². The Bertz CT molecular complexity index is 811. The van der Waals surface area contributed by atoms with E-state index in [1.165, 1.54) is 0 Å². The fraction of sp³-hybridized carbons (Fsp3) is 0.545. The molecule has 0 radical (unpaired) electrons. The highest BCUT2D eigenvalue weighted by Gasteiger charge is 2.34. The van der Waals surface area contributed by atoms with Crippen LogP contribution in [0.2, 0.25) is 0 Å². The van der Waals surface area contributed by atoms with Crippen molar-refractivity contribution in [2.45, 2.75) is 45.6 Å². The molecule has 3 heterocycles. The number of carbonyl (C=O) groups is 1. The van der Waals surface area contributed by atoms with Crippen LogP contribution in [0.3, 0.4) is 0 Å². The molecular weight excluding hydrogens is 370 g/mol. The number of aromatic nitrogens is 2. The van der Waals surface area contributed by atoms with Gasteiger partial charge in [0.15, 0.2) is 11.4 Å². The van der Waals surface area contributed by atoms with Crippen LogP contribution in [0.5, 0.6) is 5.75 Å². The van der Waals surface area contributed by atoms with Crippen LogP contribution in [0.4, 0.5) is 0 Å². The van der Waals surface area contributed by atoms with Gasteiger partial charge in [0.25, 0.3) is 0 Å². The number of aliphatic hydroxyl groups is 1. The largest absolute Gasteiger partial charge is 0.491 e. The first-order valence-corrected chi connectivity index (χ1v) is 10.3. The summed E-state index contributed by atoms with van der Waals surface area (Å²) in [4.78, 5) is 21.8. The second kappa shape index (κ2) is 9.41. The predicted octanol–water partition coefficient (Wildman–Crippen LogP) is 2.96. The normalized spacial score (nSPS) is 16.6. The Morgan fingerprint density at radius 1 is 1.31 bits per heavy atom. The van der Waals surface area contributed by atoms with Gasteiger partial charge in [-0.15, -0.1) is 0 Å². The van der Waals surface area contributed by atoms with Crippen LogP contribution in [-0.2, 0) is 10.3 Å². The third-order valence-electron chi connectivity index (χ3n) is 5.61. The number of carbonyl (C=O) groups excluding carboxylic acids is 1. The maximum absolute atomic E-state index is 12.1. The number of piperidine rings is 1. The third kappa shape index (κ3) is 4.97. The van der Waals surface area contributed by atoms with E-state index >= 15 is 0 Å². The van der Waals surface area contributed by atoms with E-state index in [2.05, 4.69) is 14.9 Å². The molecular formula is C22H31N3O4. The number of aromatic amines is 1. The zero-order valence-electron chi connectivity index (χ0n) is 17.5. The van der Waals surface area contributed by atoms with Crippen molar-refractivity contribution < 1.29 is 19.4 Å². The molecule has 1 fully saturated rings. The number of H-pyrrole nitrogens is 1. The van der Waals surface area contributed by atoms with Gasteiger partial charge in [-0.05, 0) is 52.2 Å². The summed E-state index contributed by atoms with van der Waals surface area (Å²) in [6, 6.07) is 5.67. The van der Waals surface area contributed by atoms with Gasteiger partial charge in [0.2, 0.25) is 0 Å². The summed E-state index contributed by atoms with van der Waals surface area (Å²) >= 11 is 0. The van der Waals surface area contributed by atoms with Gasteiger partial charge in [-0.3, -0.25) is 4.98 Å². The summed E-state index contributed by atoms with van der Waals surface area (Å²) in [5, 5.41) is 10.9. The highest BCUT2D eigenvalue weighted by molar-refractivity contribution is 5.91. The lowest BCUT2D eigenvalue weighted by Crippen LogP contribution is -2.43. The molecule has 0 saturated carbocycles. The summed E-state index contributed by atoms with van der Waals surface area (Å²) in [7, 11) is 0. The zero-order valence-corrected chi connectivity index (χ0v) is 17.5. The molecule has 0 atom stereocenters. The number of nitrogens with zero attached hydrogens (tertiary/aromatic N) is 2. The molecule has 2 N–H and O–H groups in total. The Morgan fingerprint density at radius 3 is 2.72 bits per heavy atom. The van der Waals surface area contributed by atoms with Crippen molar-refractivity contribution in [2.24, 2.45) is 0 Å². The Balaban J connectivity index is 1.47. The Morgan fingerprint density at radius 2 is 2.07 bits per heavy atom. The Hall–Kier alpha value is -2.38. The number of likely N-dealkylation sites (tertiary alicyclic amines) is 1. The van der Waals surface area contributed by atoms with Crippen molar-refractivity contribution in [3.63, 3.8) is 0 Å². The SMILES string of the molecule is CCOC(=O)c1[nH]c(C)c(C)c1OCCCN1CCC(O)(c2ccccn2)CC1. The predicted molar refractivity (Wildman–Crippen MR) is 110 cm³/mol. The molecule has 0 unspecified atom stereocenters. The fourth-order valence-electron chi connectivity index (χ4n) is 3.73. The molecule has 7 heteroatoms. The average molecular weight is 402 g/mol. The van der Waals surface area contributed by atoms with Crippen LogP contribution < -0.4 is 4.74 Å². The number of rotatable bonds is 8. The van der Waals surface area contributed by atoms with E-state index in [9.17, 15) is 9.90 Å². The molecule has 0 spiro atoms. The number of hydrogen-bond acceptors (Lipinski definition) is 6. The standard InChI is InChI=1S/C22H31N3O4/c1-4-28-21(26)19-20(16(2)17(3)24-19)29-15-7-12-25-13-9-22(27,10-14-25)18-8-5-6-11-23-18/h5-6,8,11,24,27H,4,7,9-10,12-15H2,1-3H3. The molecule has 2 aromatic rings. The first kappa shape index (κ1) is 21.3. The van der Waals surface area contributed by atoms with Crippen LogP contribution in [0.25, 0.3) is 0 Å². The van der Waals surface area contributed by atoms with Crippen LogP contribution >= 0.6 is 0 Å². The van der Waals surface area contributed by atoms with Gasteiger partial charge in [0.05, 0.1) is 18.9 Å². The van der Waals surface area contributed by atoms with Crippen molar-refractivity contribution in [2.75, 3.05) is 32.8 Å². The van der Waals surface area contributed by atoms with Gasteiger partial charge < -0.3 is 24.5 Å². The van der Waals surface area contributed by atoms with E-state index in [1.54, 1.807) is 13.1 Å². The molecule has 1 aliphatic rings. The maximum atomic E-state index is 12.1. The zero-order chi connectivity index (χ0) is 20.9. The Labute approximate surface area is 172 Å². The average Bonchev–Trinajstić information content (AvgIpc) is 3.02. The molecule has 1 saturated heterocycles. The molecule has 0 amide bonds. The Kier molecular flexibility index (Phi) is 6.92. The highest BCUT2D eigenvalue weighted by atomic mass is 16.5. The van der Waals surface area contributed by atoms with Crippen molar-refractivity contribution in [1.29, 1.82) is 0 Å². The minimum atomic E-state index is -0.831. The molecule has 7 nitrogen and oxygen atoms in total. The molecule has 1 aliphatic heterocycles. The van der Waals surface area contributed by atoms with E-state index in [1.807, 2.05) is 32.0 Å². The van der Waals surface area contributed by atoms with E-state index in [0.29, 0.717) is 37.5 Å².